The summed E-state index contributed by atoms with van der Waals surface area (Å²) in [7, 11) is 1.67. The van der Waals surface area contributed by atoms with Crippen LogP contribution in [0.1, 0.15) is 17.7 Å². The molecule has 0 spiro atoms. The molecule has 21 heavy (non-hydrogen) atoms. The maximum absolute atomic E-state index is 5.96. The zero-order valence-corrected chi connectivity index (χ0v) is 13.9. The first-order valence-corrected chi connectivity index (χ1v) is 8.14. The fraction of sp³-hybridized carbons (Fsp3) is 0.571. The van der Waals surface area contributed by atoms with Crippen molar-refractivity contribution in [1.29, 1.82) is 0 Å². The Morgan fingerprint density at radius 3 is 2.90 bits per heavy atom. The zero-order chi connectivity index (χ0) is 15.1. The van der Waals surface area contributed by atoms with Gasteiger partial charge in [-0.25, -0.2) is 9.97 Å². The van der Waals surface area contributed by atoms with E-state index in [4.69, 9.17) is 21.1 Å². The molecule has 0 unspecified atom stereocenters. The Balaban J connectivity index is 1.78. The lowest BCUT2D eigenvalue weighted by molar-refractivity contribution is 0.0691. The highest BCUT2D eigenvalue weighted by Crippen LogP contribution is 2.29. The zero-order valence-electron chi connectivity index (χ0n) is 12.3. The maximum atomic E-state index is 5.96. The SMILES string of the molecule is COCCOCCCCNc1nc(Cl)nc2sc(C)cc12. The molecule has 2 rings (SSSR count). The van der Waals surface area contributed by atoms with Crippen LogP contribution in [-0.2, 0) is 9.47 Å². The first-order chi connectivity index (χ1) is 10.2. The van der Waals surface area contributed by atoms with E-state index in [1.54, 1.807) is 18.4 Å². The molecule has 2 heterocycles. The van der Waals surface area contributed by atoms with Crippen molar-refractivity contribution in [2.24, 2.45) is 0 Å². The summed E-state index contributed by atoms with van der Waals surface area (Å²) >= 11 is 7.58. The van der Waals surface area contributed by atoms with Crippen molar-refractivity contribution in [3.63, 3.8) is 0 Å². The van der Waals surface area contributed by atoms with E-state index in [1.807, 2.05) is 0 Å². The maximum Gasteiger partial charge on any atom is 0.225 e. The van der Waals surface area contributed by atoms with Crippen LogP contribution in [0.15, 0.2) is 6.07 Å². The lowest BCUT2D eigenvalue weighted by Gasteiger charge is -2.07. The van der Waals surface area contributed by atoms with Gasteiger partial charge >= 0.3 is 0 Å². The Labute approximate surface area is 133 Å². The number of halogens is 1. The lowest BCUT2D eigenvalue weighted by atomic mass is 10.3. The third-order valence-electron chi connectivity index (χ3n) is 2.93. The van der Waals surface area contributed by atoms with Crippen LogP contribution in [0, 0.1) is 6.92 Å². The second kappa shape index (κ2) is 8.48. The molecule has 0 bridgehead atoms. The smallest absolute Gasteiger partial charge is 0.225 e. The van der Waals surface area contributed by atoms with Crippen molar-refractivity contribution in [3.05, 3.63) is 16.2 Å². The largest absolute Gasteiger partial charge is 0.382 e. The van der Waals surface area contributed by atoms with Gasteiger partial charge in [0.15, 0.2) is 0 Å². The summed E-state index contributed by atoms with van der Waals surface area (Å²) in [6.07, 6.45) is 2.01. The highest BCUT2D eigenvalue weighted by Gasteiger charge is 2.09. The molecule has 0 amide bonds. The first kappa shape index (κ1) is 16.4. The molecule has 2 aromatic heterocycles. The minimum absolute atomic E-state index is 0.287. The fourth-order valence-electron chi connectivity index (χ4n) is 1.93. The van der Waals surface area contributed by atoms with E-state index in [1.165, 1.54) is 4.88 Å². The van der Waals surface area contributed by atoms with Crippen LogP contribution in [0.25, 0.3) is 10.2 Å². The molecule has 0 saturated carbocycles. The van der Waals surface area contributed by atoms with Crippen LogP contribution in [-0.4, -0.2) is 43.4 Å². The molecule has 0 radical (unpaired) electrons. The molecule has 7 heteroatoms. The van der Waals surface area contributed by atoms with Gasteiger partial charge in [-0.05, 0) is 37.4 Å². The molecule has 0 aromatic carbocycles. The Hall–Kier alpha value is -0.950. The van der Waals surface area contributed by atoms with Crippen LogP contribution < -0.4 is 5.32 Å². The summed E-state index contributed by atoms with van der Waals surface area (Å²) in [4.78, 5) is 10.7. The van der Waals surface area contributed by atoms with Gasteiger partial charge in [-0.2, -0.15) is 0 Å². The molecule has 0 atom stereocenters. The van der Waals surface area contributed by atoms with Gasteiger partial charge in [0.05, 0.1) is 18.6 Å². The topological polar surface area (TPSA) is 56.3 Å². The number of nitrogens with zero attached hydrogens (tertiary/aromatic N) is 2. The quantitative estimate of drug-likeness (QED) is 0.563. The molecule has 0 fully saturated rings. The number of thiophene rings is 1. The van der Waals surface area contributed by atoms with Gasteiger partial charge in [0.25, 0.3) is 0 Å². The van der Waals surface area contributed by atoms with E-state index in [0.717, 1.165) is 42.0 Å². The Morgan fingerprint density at radius 2 is 2.10 bits per heavy atom. The Bertz CT molecular complexity index is 577. The number of methoxy groups -OCH3 is 1. The average molecular weight is 330 g/mol. The van der Waals surface area contributed by atoms with Crippen molar-refractivity contribution in [1.82, 2.24) is 9.97 Å². The number of aryl methyl sites for hydroxylation is 1. The first-order valence-electron chi connectivity index (χ1n) is 6.95. The summed E-state index contributed by atoms with van der Waals surface area (Å²) in [6, 6.07) is 2.09. The number of hydrogen-bond donors (Lipinski definition) is 1. The second-order valence-corrected chi connectivity index (χ2v) is 6.23. The monoisotopic (exact) mass is 329 g/mol. The number of unbranched alkanes of at least 4 members (excludes halogenated alkanes) is 1. The highest BCUT2D eigenvalue weighted by molar-refractivity contribution is 7.18. The van der Waals surface area contributed by atoms with Crippen LogP contribution in [0.3, 0.4) is 0 Å². The van der Waals surface area contributed by atoms with E-state index in [2.05, 4.69) is 28.3 Å². The van der Waals surface area contributed by atoms with Crippen LogP contribution >= 0.6 is 22.9 Å². The summed E-state index contributed by atoms with van der Waals surface area (Å²) in [5, 5.41) is 4.66. The van der Waals surface area contributed by atoms with E-state index in [-0.39, 0.29) is 5.28 Å². The standard InChI is InChI=1S/C14H20ClN3O2S/c1-10-9-11-12(17-14(15)18-13(11)21-10)16-5-3-4-6-20-8-7-19-2/h9H,3-8H2,1-2H3,(H,16,17,18). The van der Waals surface area contributed by atoms with E-state index in [0.29, 0.717) is 13.2 Å². The molecule has 1 N–H and O–H groups in total. The van der Waals surface area contributed by atoms with E-state index >= 15 is 0 Å². The molecule has 0 aliphatic heterocycles. The Morgan fingerprint density at radius 1 is 1.24 bits per heavy atom. The van der Waals surface area contributed by atoms with Crippen molar-refractivity contribution in [2.75, 3.05) is 38.8 Å². The minimum atomic E-state index is 0.287. The molecular weight excluding hydrogens is 310 g/mol. The molecule has 2 aromatic rings. The van der Waals surface area contributed by atoms with Gasteiger partial charge in [0, 0.05) is 25.1 Å². The van der Waals surface area contributed by atoms with Crippen LogP contribution in [0.5, 0.6) is 0 Å². The number of hydrogen-bond acceptors (Lipinski definition) is 6. The fourth-order valence-corrected chi connectivity index (χ4v) is 3.03. The normalized spacial score (nSPS) is 11.2. The summed E-state index contributed by atoms with van der Waals surface area (Å²) < 4.78 is 10.3. The number of fused-ring (bicyclic) bond motifs is 1. The number of anilines is 1. The van der Waals surface area contributed by atoms with Gasteiger partial charge in [-0.3, -0.25) is 0 Å². The molecule has 5 nitrogen and oxygen atoms in total. The van der Waals surface area contributed by atoms with Gasteiger partial charge in [-0.1, -0.05) is 0 Å². The van der Waals surface area contributed by atoms with E-state index in [9.17, 15) is 0 Å². The van der Waals surface area contributed by atoms with E-state index < -0.39 is 0 Å². The van der Waals surface area contributed by atoms with Gasteiger partial charge in [0.2, 0.25) is 5.28 Å². The van der Waals surface area contributed by atoms with Crippen LogP contribution in [0.2, 0.25) is 5.28 Å². The van der Waals surface area contributed by atoms with Crippen LogP contribution in [0.4, 0.5) is 5.82 Å². The van der Waals surface area contributed by atoms with Crippen molar-refractivity contribution >= 4 is 39.0 Å². The number of aromatic nitrogens is 2. The van der Waals surface area contributed by atoms with Crippen molar-refractivity contribution in [2.45, 2.75) is 19.8 Å². The average Bonchev–Trinajstić information content (AvgIpc) is 2.81. The highest BCUT2D eigenvalue weighted by atomic mass is 35.5. The van der Waals surface area contributed by atoms with Crippen molar-refractivity contribution < 1.29 is 9.47 Å². The summed E-state index contributed by atoms with van der Waals surface area (Å²) in [5.74, 6) is 0.814. The molecule has 0 saturated heterocycles. The predicted molar refractivity (Wildman–Crippen MR) is 87.6 cm³/mol. The molecule has 0 aliphatic rings. The third-order valence-corrected chi connectivity index (χ3v) is 4.04. The molecule has 0 aliphatic carbocycles. The Kier molecular flexibility index (Phi) is 6.63. The molecule has 116 valence electrons. The third kappa shape index (κ3) is 5.07. The number of nitrogens with one attached hydrogen (secondary N) is 1. The van der Waals surface area contributed by atoms with Gasteiger partial charge in [-0.15, -0.1) is 11.3 Å². The van der Waals surface area contributed by atoms with Gasteiger partial charge < -0.3 is 14.8 Å². The predicted octanol–water partition coefficient (Wildman–Crippen LogP) is 3.51. The number of rotatable bonds is 9. The van der Waals surface area contributed by atoms with Gasteiger partial charge in [0.1, 0.15) is 10.6 Å². The summed E-state index contributed by atoms with van der Waals surface area (Å²) in [5.41, 5.74) is 0. The summed E-state index contributed by atoms with van der Waals surface area (Å²) in [6.45, 7) is 4.95. The number of ether oxygens (including phenoxy) is 2. The lowest BCUT2D eigenvalue weighted by Crippen LogP contribution is -2.07. The second-order valence-electron chi connectivity index (χ2n) is 4.66. The minimum Gasteiger partial charge on any atom is -0.382 e. The van der Waals surface area contributed by atoms with Crippen molar-refractivity contribution in [3.8, 4) is 0 Å². The molecular formula is C14H20ClN3O2S.